The molecule has 0 amide bonds. The molecular formula is C9H12BrP. The topological polar surface area (TPSA) is 0 Å². The molecule has 1 aromatic rings. The van der Waals surface area contributed by atoms with Crippen LogP contribution in [-0.2, 0) is 0 Å². The molecule has 0 N–H and O–H groups in total. The Balaban J connectivity index is 2.77. The molecule has 1 atom stereocenters. The fourth-order valence-corrected chi connectivity index (χ4v) is 2.63. The number of hydrogen-bond acceptors (Lipinski definition) is 0. The Bertz CT molecular complexity index is 208. The van der Waals surface area contributed by atoms with Gasteiger partial charge in [0.2, 0.25) is 0 Å². The van der Waals surface area contributed by atoms with E-state index in [4.69, 9.17) is 0 Å². The van der Waals surface area contributed by atoms with Crippen LogP contribution in [0.5, 0.6) is 0 Å². The summed E-state index contributed by atoms with van der Waals surface area (Å²) in [5, 5.41) is 1.43. The third-order valence-electron chi connectivity index (χ3n) is 1.46. The van der Waals surface area contributed by atoms with Crippen LogP contribution in [0.1, 0.15) is 13.8 Å². The van der Waals surface area contributed by atoms with Crippen molar-refractivity contribution in [3.05, 3.63) is 30.3 Å². The highest BCUT2D eigenvalue weighted by molar-refractivity contribution is 9.40. The van der Waals surface area contributed by atoms with E-state index >= 15 is 0 Å². The SMILES string of the molecule is CC(C)P(Br)c1ccccc1. The van der Waals surface area contributed by atoms with Gasteiger partial charge in [-0.2, -0.15) is 0 Å². The Morgan fingerprint density at radius 3 is 2.18 bits per heavy atom. The zero-order valence-electron chi connectivity index (χ0n) is 6.79. The van der Waals surface area contributed by atoms with E-state index < -0.39 is 0 Å². The molecule has 1 aromatic carbocycles. The maximum absolute atomic E-state index is 3.72. The van der Waals surface area contributed by atoms with Crippen molar-refractivity contribution in [3.63, 3.8) is 0 Å². The second-order valence-electron chi connectivity index (χ2n) is 2.74. The summed E-state index contributed by atoms with van der Waals surface area (Å²) < 4.78 is 0. The largest absolute Gasteiger partial charge is 0.0622 e. The summed E-state index contributed by atoms with van der Waals surface area (Å²) in [5.74, 6) is 0. The van der Waals surface area contributed by atoms with Crippen molar-refractivity contribution in [3.8, 4) is 0 Å². The lowest BCUT2D eigenvalue weighted by molar-refractivity contribution is 1.11. The van der Waals surface area contributed by atoms with Crippen LogP contribution in [-0.4, -0.2) is 5.66 Å². The lowest BCUT2D eigenvalue weighted by atomic mass is 10.4. The molecule has 0 heterocycles. The van der Waals surface area contributed by atoms with Crippen molar-refractivity contribution in [1.82, 2.24) is 0 Å². The summed E-state index contributed by atoms with van der Waals surface area (Å²) in [5.41, 5.74) is 0.715. The summed E-state index contributed by atoms with van der Waals surface area (Å²) in [6.45, 7) is 4.36. The Hall–Kier alpha value is 0.130. The number of hydrogen-bond donors (Lipinski definition) is 0. The standard InChI is InChI=1S/C9H12BrP/c1-8(2)11(10)9-6-4-3-5-7-9/h3-8H,1-2H3. The Morgan fingerprint density at radius 2 is 1.73 bits per heavy atom. The second kappa shape index (κ2) is 4.23. The first-order valence-electron chi connectivity index (χ1n) is 3.72. The first-order chi connectivity index (χ1) is 5.22. The quantitative estimate of drug-likeness (QED) is 0.683. The Labute approximate surface area is 77.5 Å². The van der Waals surface area contributed by atoms with Crippen LogP contribution in [0.3, 0.4) is 0 Å². The van der Waals surface area contributed by atoms with Gasteiger partial charge in [-0.15, -0.1) is 0 Å². The molecular weight excluding hydrogens is 219 g/mol. The first kappa shape index (κ1) is 9.22. The number of rotatable bonds is 2. The average Bonchev–Trinajstić information content (AvgIpc) is 2.05. The molecule has 0 spiro atoms. The predicted molar refractivity (Wildman–Crippen MR) is 57.1 cm³/mol. The maximum atomic E-state index is 3.72. The zero-order chi connectivity index (χ0) is 8.27. The fraction of sp³-hybridized carbons (Fsp3) is 0.333. The minimum Gasteiger partial charge on any atom is -0.0622 e. The second-order valence-corrected chi connectivity index (χ2v) is 7.20. The summed E-state index contributed by atoms with van der Waals surface area (Å²) in [6.07, 6.45) is 0. The van der Waals surface area contributed by atoms with Crippen LogP contribution >= 0.6 is 22.1 Å². The van der Waals surface area contributed by atoms with Crippen molar-refractivity contribution in [2.24, 2.45) is 0 Å². The van der Waals surface area contributed by atoms with E-state index in [2.05, 4.69) is 59.7 Å². The van der Waals surface area contributed by atoms with Crippen molar-refractivity contribution in [2.45, 2.75) is 19.5 Å². The fourth-order valence-electron chi connectivity index (χ4n) is 0.869. The van der Waals surface area contributed by atoms with Gasteiger partial charge in [0.25, 0.3) is 0 Å². The lowest BCUT2D eigenvalue weighted by Crippen LogP contribution is -2.02. The molecule has 0 aliphatic heterocycles. The molecule has 0 radical (unpaired) electrons. The van der Waals surface area contributed by atoms with E-state index in [0.717, 1.165) is 0 Å². The van der Waals surface area contributed by atoms with Gasteiger partial charge in [-0.1, -0.05) is 59.7 Å². The number of benzene rings is 1. The smallest absolute Gasteiger partial charge is 0.00190 e. The highest BCUT2D eigenvalue weighted by Crippen LogP contribution is 2.47. The number of halogens is 1. The van der Waals surface area contributed by atoms with Crippen LogP contribution in [0.2, 0.25) is 0 Å². The van der Waals surface area contributed by atoms with Gasteiger partial charge in [-0.05, 0) is 17.6 Å². The maximum Gasteiger partial charge on any atom is -0.00190 e. The van der Waals surface area contributed by atoms with E-state index in [0.29, 0.717) is 5.66 Å². The molecule has 0 nitrogen and oxygen atoms in total. The monoisotopic (exact) mass is 230 g/mol. The van der Waals surface area contributed by atoms with Gasteiger partial charge in [0, 0.05) is 0 Å². The van der Waals surface area contributed by atoms with Crippen LogP contribution in [0.4, 0.5) is 0 Å². The molecule has 0 aromatic heterocycles. The summed E-state index contributed by atoms with van der Waals surface area (Å²) in [7, 11) is 0. The van der Waals surface area contributed by atoms with Gasteiger partial charge < -0.3 is 0 Å². The third-order valence-corrected chi connectivity index (χ3v) is 6.84. The third kappa shape index (κ3) is 2.57. The highest BCUT2D eigenvalue weighted by Gasteiger charge is 2.09. The minimum atomic E-state index is -0.122. The van der Waals surface area contributed by atoms with E-state index in [1.165, 1.54) is 5.30 Å². The van der Waals surface area contributed by atoms with Crippen LogP contribution in [0.15, 0.2) is 30.3 Å². The van der Waals surface area contributed by atoms with E-state index in [1.807, 2.05) is 0 Å². The zero-order valence-corrected chi connectivity index (χ0v) is 9.27. The first-order valence-corrected chi connectivity index (χ1v) is 7.15. The van der Waals surface area contributed by atoms with Crippen molar-refractivity contribution < 1.29 is 0 Å². The molecule has 60 valence electrons. The molecule has 1 unspecified atom stereocenters. The molecule has 11 heavy (non-hydrogen) atoms. The van der Waals surface area contributed by atoms with Crippen molar-refractivity contribution in [2.75, 3.05) is 0 Å². The lowest BCUT2D eigenvalue weighted by Gasteiger charge is -2.13. The van der Waals surface area contributed by atoms with Gasteiger partial charge in [-0.3, -0.25) is 0 Å². The molecule has 0 saturated carbocycles. The normalized spacial score (nSPS) is 13.5. The molecule has 0 aliphatic carbocycles. The van der Waals surface area contributed by atoms with Crippen molar-refractivity contribution >= 4 is 27.4 Å². The predicted octanol–water partition coefficient (Wildman–Crippen LogP) is 3.51. The van der Waals surface area contributed by atoms with Gasteiger partial charge >= 0.3 is 0 Å². The van der Waals surface area contributed by atoms with E-state index in [1.54, 1.807) is 0 Å². The summed E-state index contributed by atoms with van der Waals surface area (Å²) >= 11 is 3.72. The van der Waals surface area contributed by atoms with E-state index in [-0.39, 0.29) is 6.62 Å². The van der Waals surface area contributed by atoms with Gasteiger partial charge in [-0.25, -0.2) is 0 Å². The van der Waals surface area contributed by atoms with Crippen molar-refractivity contribution in [1.29, 1.82) is 0 Å². The Kier molecular flexibility index (Phi) is 3.54. The molecule has 0 saturated heterocycles. The van der Waals surface area contributed by atoms with E-state index in [9.17, 15) is 0 Å². The van der Waals surface area contributed by atoms with Gasteiger partial charge in [0.1, 0.15) is 0 Å². The average molecular weight is 231 g/mol. The molecule has 0 aliphatic rings. The summed E-state index contributed by atoms with van der Waals surface area (Å²) in [4.78, 5) is 0. The van der Waals surface area contributed by atoms with Crippen LogP contribution in [0.25, 0.3) is 0 Å². The molecule has 0 fully saturated rings. The van der Waals surface area contributed by atoms with Gasteiger partial charge in [0.05, 0.1) is 0 Å². The molecule has 1 rings (SSSR count). The van der Waals surface area contributed by atoms with Crippen LogP contribution in [0, 0.1) is 0 Å². The van der Waals surface area contributed by atoms with Gasteiger partial charge in [0.15, 0.2) is 0 Å². The molecule has 2 heteroatoms. The highest BCUT2D eigenvalue weighted by atomic mass is 79.9. The molecule has 0 bridgehead atoms. The van der Waals surface area contributed by atoms with Crippen LogP contribution < -0.4 is 5.30 Å². The Morgan fingerprint density at radius 1 is 1.18 bits per heavy atom. The summed E-state index contributed by atoms with van der Waals surface area (Å²) in [6, 6.07) is 10.6. The minimum absolute atomic E-state index is 0.122.